The Kier molecular flexibility index (Phi) is 5.71. The summed E-state index contributed by atoms with van der Waals surface area (Å²) < 4.78 is 6.25. The third kappa shape index (κ3) is 4.79. The Morgan fingerprint density at radius 2 is 2.28 bits per heavy atom. The van der Waals surface area contributed by atoms with Crippen molar-refractivity contribution in [2.24, 2.45) is 10.7 Å². The molecule has 0 heterocycles. The van der Waals surface area contributed by atoms with Gasteiger partial charge in [0.15, 0.2) is 5.96 Å². The highest BCUT2D eigenvalue weighted by molar-refractivity contribution is 9.10. The van der Waals surface area contributed by atoms with Crippen LogP contribution in [0.5, 0.6) is 5.75 Å². The number of nitrogens with zero attached hydrogens (tertiary/aromatic N) is 1. The van der Waals surface area contributed by atoms with Crippen LogP contribution in [-0.4, -0.2) is 19.6 Å². The molecule has 0 aliphatic carbocycles. The molecule has 1 aromatic rings. The smallest absolute Gasteiger partial charge is 0.189 e. The summed E-state index contributed by atoms with van der Waals surface area (Å²) in [7, 11) is 1.64. The summed E-state index contributed by atoms with van der Waals surface area (Å²) in [5.74, 6) is 1.20. The molecule has 3 N–H and O–H groups in total. The Morgan fingerprint density at radius 3 is 2.89 bits per heavy atom. The standard InChI is InChI=1S/C13H18BrN3O/c1-9(2)7-16-13(15)17-8-10-4-5-11(14)6-12(10)18-3/h4-6H,1,7-8H2,2-3H3,(H3,15,16,17). The van der Waals surface area contributed by atoms with Crippen molar-refractivity contribution < 1.29 is 4.74 Å². The number of ether oxygens (including phenoxy) is 1. The monoisotopic (exact) mass is 311 g/mol. The minimum Gasteiger partial charge on any atom is -0.496 e. The van der Waals surface area contributed by atoms with Crippen LogP contribution < -0.4 is 15.8 Å². The second-order valence-electron chi connectivity index (χ2n) is 3.97. The van der Waals surface area contributed by atoms with Crippen LogP contribution >= 0.6 is 15.9 Å². The number of rotatable bonds is 5. The first-order chi connectivity index (χ1) is 8.52. The fourth-order valence-electron chi connectivity index (χ4n) is 1.32. The number of nitrogens with one attached hydrogen (secondary N) is 1. The minimum atomic E-state index is 0.406. The van der Waals surface area contributed by atoms with Crippen LogP contribution in [0, 0.1) is 0 Å². The SMILES string of the molecule is C=C(C)CNC(N)=NCc1ccc(Br)cc1OC. The Labute approximate surface area is 116 Å². The van der Waals surface area contributed by atoms with Gasteiger partial charge in [-0.1, -0.05) is 34.1 Å². The summed E-state index contributed by atoms with van der Waals surface area (Å²) in [4.78, 5) is 4.25. The van der Waals surface area contributed by atoms with Crippen molar-refractivity contribution in [1.82, 2.24) is 5.32 Å². The Balaban J connectivity index is 2.67. The second-order valence-corrected chi connectivity index (χ2v) is 4.88. The zero-order valence-electron chi connectivity index (χ0n) is 10.7. The van der Waals surface area contributed by atoms with Gasteiger partial charge in [0, 0.05) is 16.6 Å². The number of guanidine groups is 1. The first kappa shape index (κ1) is 14.6. The largest absolute Gasteiger partial charge is 0.496 e. The first-order valence-corrected chi connectivity index (χ1v) is 6.33. The maximum atomic E-state index is 5.74. The van der Waals surface area contributed by atoms with Gasteiger partial charge in [0.1, 0.15) is 5.75 Å². The molecule has 0 saturated heterocycles. The molecule has 0 bridgehead atoms. The van der Waals surface area contributed by atoms with Crippen molar-refractivity contribution in [1.29, 1.82) is 0 Å². The van der Waals surface area contributed by atoms with Gasteiger partial charge < -0.3 is 15.8 Å². The van der Waals surface area contributed by atoms with Gasteiger partial charge in [0.2, 0.25) is 0 Å². The van der Waals surface area contributed by atoms with Gasteiger partial charge in [-0.25, -0.2) is 4.99 Å². The summed E-state index contributed by atoms with van der Waals surface area (Å²) in [6.07, 6.45) is 0. The molecule has 0 spiro atoms. The molecule has 5 heteroatoms. The molecule has 0 saturated carbocycles. The number of hydrogen-bond donors (Lipinski definition) is 2. The summed E-state index contributed by atoms with van der Waals surface area (Å²) >= 11 is 3.40. The van der Waals surface area contributed by atoms with E-state index in [0.29, 0.717) is 19.0 Å². The van der Waals surface area contributed by atoms with E-state index in [1.54, 1.807) is 7.11 Å². The van der Waals surface area contributed by atoms with Gasteiger partial charge in [0.25, 0.3) is 0 Å². The third-order valence-electron chi connectivity index (χ3n) is 2.24. The van der Waals surface area contributed by atoms with Crippen LogP contribution in [0.3, 0.4) is 0 Å². The molecule has 1 rings (SSSR count). The zero-order chi connectivity index (χ0) is 13.5. The molecular weight excluding hydrogens is 294 g/mol. The van der Waals surface area contributed by atoms with Crippen LogP contribution in [0.25, 0.3) is 0 Å². The molecule has 0 radical (unpaired) electrons. The van der Waals surface area contributed by atoms with E-state index in [9.17, 15) is 0 Å². The highest BCUT2D eigenvalue weighted by atomic mass is 79.9. The summed E-state index contributed by atoms with van der Waals surface area (Å²) in [6, 6.07) is 5.81. The number of hydrogen-bond acceptors (Lipinski definition) is 2. The summed E-state index contributed by atoms with van der Waals surface area (Å²) in [5, 5.41) is 2.98. The molecule has 0 atom stereocenters. The van der Waals surface area contributed by atoms with Crippen LogP contribution in [-0.2, 0) is 6.54 Å². The lowest BCUT2D eigenvalue weighted by Gasteiger charge is -2.08. The fourth-order valence-corrected chi connectivity index (χ4v) is 1.66. The van der Waals surface area contributed by atoms with Gasteiger partial charge in [-0.3, -0.25) is 0 Å². The van der Waals surface area contributed by atoms with E-state index in [-0.39, 0.29) is 0 Å². The molecule has 0 aliphatic rings. The molecule has 18 heavy (non-hydrogen) atoms. The van der Waals surface area contributed by atoms with Crippen LogP contribution in [0.15, 0.2) is 39.8 Å². The van der Waals surface area contributed by atoms with Crippen molar-refractivity contribution in [3.8, 4) is 5.75 Å². The minimum absolute atomic E-state index is 0.406. The predicted molar refractivity (Wildman–Crippen MR) is 78.8 cm³/mol. The van der Waals surface area contributed by atoms with Crippen LogP contribution in [0.2, 0.25) is 0 Å². The van der Waals surface area contributed by atoms with Gasteiger partial charge in [-0.05, 0) is 19.1 Å². The van der Waals surface area contributed by atoms with Crippen molar-refractivity contribution in [3.63, 3.8) is 0 Å². The quantitative estimate of drug-likeness (QED) is 0.499. The van der Waals surface area contributed by atoms with Crippen molar-refractivity contribution in [2.75, 3.05) is 13.7 Å². The van der Waals surface area contributed by atoms with Gasteiger partial charge in [-0.15, -0.1) is 0 Å². The molecule has 98 valence electrons. The molecular formula is C13H18BrN3O. The average molecular weight is 312 g/mol. The topological polar surface area (TPSA) is 59.6 Å². The average Bonchev–Trinajstić information content (AvgIpc) is 2.34. The first-order valence-electron chi connectivity index (χ1n) is 5.53. The lowest BCUT2D eigenvalue weighted by molar-refractivity contribution is 0.409. The van der Waals surface area contributed by atoms with Crippen molar-refractivity contribution in [3.05, 3.63) is 40.4 Å². The summed E-state index contributed by atoms with van der Waals surface area (Å²) in [5.41, 5.74) is 7.73. The number of benzene rings is 1. The molecule has 1 aromatic carbocycles. The van der Waals surface area contributed by atoms with E-state index in [2.05, 4.69) is 32.8 Å². The fraction of sp³-hybridized carbons (Fsp3) is 0.308. The van der Waals surface area contributed by atoms with Gasteiger partial charge in [-0.2, -0.15) is 0 Å². The van der Waals surface area contributed by atoms with Gasteiger partial charge in [0.05, 0.1) is 13.7 Å². The molecule has 0 aliphatic heterocycles. The lowest BCUT2D eigenvalue weighted by Crippen LogP contribution is -2.32. The normalized spacial score (nSPS) is 11.2. The number of aliphatic imine (C=N–C) groups is 1. The van der Waals surface area contributed by atoms with E-state index in [4.69, 9.17) is 10.5 Å². The molecule has 0 aromatic heterocycles. The van der Waals surface area contributed by atoms with E-state index in [1.807, 2.05) is 25.1 Å². The van der Waals surface area contributed by atoms with Crippen molar-refractivity contribution >= 4 is 21.9 Å². The van der Waals surface area contributed by atoms with Crippen LogP contribution in [0.1, 0.15) is 12.5 Å². The Hall–Kier alpha value is -1.49. The molecule has 4 nitrogen and oxygen atoms in total. The summed E-state index contributed by atoms with van der Waals surface area (Å²) in [6.45, 7) is 6.82. The maximum Gasteiger partial charge on any atom is 0.189 e. The Bertz CT molecular complexity index is 458. The third-order valence-corrected chi connectivity index (χ3v) is 2.73. The van der Waals surface area contributed by atoms with E-state index >= 15 is 0 Å². The van der Waals surface area contributed by atoms with E-state index < -0.39 is 0 Å². The van der Waals surface area contributed by atoms with Crippen LogP contribution in [0.4, 0.5) is 0 Å². The molecule has 0 fully saturated rings. The van der Waals surface area contributed by atoms with E-state index in [1.165, 1.54) is 0 Å². The van der Waals surface area contributed by atoms with Gasteiger partial charge >= 0.3 is 0 Å². The molecule has 0 amide bonds. The Morgan fingerprint density at radius 1 is 1.56 bits per heavy atom. The number of methoxy groups -OCH3 is 1. The zero-order valence-corrected chi connectivity index (χ0v) is 12.3. The second kappa shape index (κ2) is 7.06. The molecule has 0 unspecified atom stereocenters. The highest BCUT2D eigenvalue weighted by Gasteiger charge is 2.03. The lowest BCUT2D eigenvalue weighted by atomic mass is 10.2. The number of nitrogens with two attached hydrogens (primary N) is 1. The maximum absolute atomic E-state index is 5.74. The number of halogens is 1. The highest BCUT2D eigenvalue weighted by Crippen LogP contribution is 2.23. The van der Waals surface area contributed by atoms with Crippen molar-refractivity contribution in [2.45, 2.75) is 13.5 Å². The predicted octanol–water partition coefficient (Wildman–Crippen LogP) is 2.44. The van der Waals surface area contributed by atoms with E-state index in [0.717, 1.165) is 21.4 Å².